The van der Waals surface area contributed by atoms with Crippen LogP contribution in [0.3, 0.4) is 0 Å². The second-order valence-electron chi connectivity index (χ2n) is 4.69. The van der Waals surface area contributed by atoms with E-state index in [9.17, 15) is 4.39 Å². The molecule has 18 heavy (non-hydrogen) atoms. The van der Waals surface area contributed by atoms with Crippen molar-refractivity contribution in [3.63, 3.8) is 0 Å². The molecule has 0 saturated carbocycles. The van der Waals surface area contributed by atoms with Crippen molar-refractivity contribution in [1.82, 2.24) is 5.32 Å². The van der Waals surface area contributed by atoms with Gasteiger partial charge in [0.1, 0.15) is 5.82 Å². The molecule has 2 rings (SSSR count). The zero-order valence-electron chi connectivity index (χ0n) is 10.7. The Morgan fingerprint density at radius 2 is 2.22 bits per heavy atom. The lowest BCUT2D eigenvalue weighted by atomic mass is 9.90. The van der Waals surface area contributed by atoms with Crippen LogP contribution in [-0.4, -0.2) is 6.54 Å². The van der Waals surface area contributed by atoms with Crippen LogP contribution in [0.15, 0.2) is 34.3 Å². The highest BCUT2D eigenvalue weighted by Crippen LogP contribution is 2.31. The maximum atomic E-state index is 13.7. The van der Waals surface area contributed by atoms with Gasteiger partial charge < -0.3 is 5.32 Å². The van der Waals surface area contributed by atoms with Crippen molar-refractivity contribution < 1.29 is 4.39 Å². The summed E-state index contributed by atoms with van der Waals surface area (Å²) in [6.45, 7) is 2.98. The number of rotatable bonds is 4. The molecular formula is C15H19BrFN. The van der Waals surface area contributed by atoms with E-state index in [1.54, 1.807) is 12.1 Å². The average molecular weight is 312 g/mol. The van der Waals surface area contributed by atoms with Gasteiger partial charge in [0, 0.05) is 0 Å². The molecule has 1 nitrogen and oxygen atoms in total. The van der Waals surface area contributed by atoms with Crippen molar-refractivity contribution >= 4 is 15.9 Å². The van der Waals surface area contributed by atoms with Crippen molar-refractivity contribution in [2.75, 3.05) is 6.54 Å². The lowest BCUT2D eigenvalue weighted by molar-refractivity contribution is 0.556. The first-order chi connectivity index (χ1) is 8.72. The van der Waals surface area contributed by atoms with Gasteiger partial charge in [-0.2, -0.15) is 0 Å². The van der Waals surface area contributed by atoms with Gasteiger partial charge in [0.05, 0.1) is 10.5 Å². The molecule has 1 N–H and O–H groups in total. The topological polar surface area (TPSA) is 12.0 Å². The Bertz CT molecular complexity index is 442. The Balaban J connectivity index is 2.28. The zero-order chi connectivity index (χ0) is 13.0. The minimum Gasteiger partial charge on any atom is -0.307 e. The smallest absolute Gasteiger partial charge is 0.137 e. The SMILES string of the molecule is CCNC(C1=CCCCC1)c1ccc(Br)c(F)c1. The second-order valence-corrected chi connectivity index (χ2v) is 5.54. The third-order valence-corrected chi connectivity index (χ3v) is 4.03. The summed E-state index contributed by atoms with van der Waals surface area (Å²) in [6.07, 6.45) is 7.10. The van der Waals surface area contributed by atoms with Gasteiger partial charge in [0.2, 0.25) is 0 Å². The van der Waals surface area contributed by atoms with Crippen LogP contribution in [0.25, 0.3) is 0 Å². The number of allylic oxidation sites excluding steroid dienone is 1. The molecule has 1 aliphatic rings. The van der Waals surface area contributed by atoms with Gasteiger partial charge in [-0.1, -0.05) is 24.6 Å². The van der Waals surface area contributed by atoms with Gasteiger partial charge >= 0.3 is 0 Å². The summed E-state index contributed by atoms with van der Waals surface area (Å²) in [5.41, 5.74) is 2.43. The number of nitrogens with one attached hydrogen (secondary N) is 1. The molecule has 1 aliphatic carbocycles. The molecule has 0 amide bonds. The minimum absolute atomic E-state index is 0.165. The van der Waals surface area contributed by atoms with E-state index >= 15 is 0 Å². The van der Waals surface area contributed by atoms with E-state index in [0.717, 1.165) is 24.9 Å². The predicted molar refractivity (Wildman–Crippen MR) is 77.1 cm³/mol. The maximum absolute atomic E-state index is 13.7. The third kappa shape index (κ3) is 3.21. The number of hydrogen-bond acceptors (Lipinski definition) is 1. The summed E-state index contributed by atoms with van der Waals surface area (Å²) in [7, 11) is 0. The van der Waals surface area contributed by atoms with Crippen molar-refractivity contribution in [3.8, 4) is 0 Å². The van der Waals surface area contributed by atoms with E-state index in [4.69, 9.17) is 0 Å². The van der Waals surface area contributed by atoms with E-state index in [2.05, 4.69) is 34.2 Å². The lowest BCUT2D eigenvalue weighted by Gasteiger charge is -2.24. The van der Waals surface area contributed by atoms with E-state index in [1.165, 1.54) is 18.4 Å². The van der Waals surface area contributed by atoms with E-state index in [0.29, 0.717) is 4.47 Å². The van der Waals surface area contributed by atoms with Crippen LogP contribution in [0.5, 0.6) is 0 Å². The lowest BCUT2D eigenvalue weighted by Crippen LogP contribution is -2.23. The Kier molecular flexibility index (Phi) is 4.95. The first-order valence-electron chi connectivity index (χ1n) is 6.59. The van der Waals surface area contributed by atoms with Crippen LogP contribution in [0.4, 0.5) is 4.39 Å². The highest BCUT2D eigenvalue weighted by molar-refractivity contribution is 9.10. The molecule has 1 atom stereocenters. The highest BCUT2D eigenvalue weighted by atomic mass is 79.9. The van der Waals surface area contributed by atoms with Crippen LogP contribution in [0.2, 0.25) is 0 Å². The van der Waals surface area contributed by atoms with Crippen LogP contribution in [-0.2, 0) is 0 Å². The molecule has 1 aromatic carbocycles. The summed E-state index contributed by atoms with van der Waals surface area (Å²) < 4.78 is 14.2. The number of halogens is 2. The fourth-order valence-electron chi connectivity index (χ4n) is 2.48. The fraction of sp³-hybridized carbons (Fsp3) is 0.467. The quantitative estimate of drug-likeness (QED) is 0.792. The molecule has 3 heteroatoms. The van der Waals surface area contributed by atoms with Gasteiger partial charge in [-0.25, -0.2) is 4.39 Å². The first kappa shape index (κ1) is 13.8. The Morgan fingerprint density at radius 3 is 2.83 bits per heavy atom. The Labute approximate surface area is 117 Å². The number of benzene rings is 1. The van der Waals surface area contributed by atoms with Crippen LogP contribution in [0.1, 0.15) is 44.2 Å². The van der Waals surface area contributed by atoms with Gasteiger partial charge in [0.15, 0.2) is 0 Å². The summed E-state index contributed by atoms with van der Waals surface area (Å²) in [5.74, 6) is -0.188. The molecule has 0 aliphatic heterocycles. The van der Waals surface area contributed by atoms with Crippen LogP contribution >= 0.6 is 15.9 Å². The number of likely N-dealkylation sites (N-methyl/N-ethyl adjacent to an activating group) is 1. The van der Waals surface area contributed by atoms with Gasteiger partial charge in [-0.15, -0.1) is 0 Å². The van der Waals surface area contributed by atoms with Gasteiger partial charge in [0.25, 0.3) is 0 Å². The van der Waals surface area contributed by atoms with E-state index in [1.807, 2.05) is 6.07 Å². The van der Waals surface area contributed by atoms with E-state index < -0.39 is 0 Å². The van der Waals surface area contributed by atoms with Crippen molar-refractivity contribution in [2.24, 2.45) is 0 Å². The molecule has 0 spiro atoms. The molecule has 0 bridgehead atoms. The largest absolute Gasteiger partial charge is 0.307 e. The van der Waals surface area contributed by atoms with Crippen molar-refractivity contribution in [1.29, 1.82) is 0 Å². The molecule has 0 saturated heterocycles. The van der Waals surface area contributed by atoms with Crippen molar-refractivity contribution in [3.05, 3.63) is 45.7 Å². The maximum Gasteiger partial charge on any atom is 0.137 e. The summed E-state index contributed by atoms with van der Waals surface area (Å²) in [5, 5.41) is 3.47. The van der Waals surface area contributed by atoms with E-state index in [-0.39, 0.29) is 11.9 Å². The van der Waals surface area contributed by atoms with Gasteiger partial charge in [-0.3, -0.25) is 0 Å². The average Bonchev–Trinajstić information content (AvgIpc) is 2.40. The minimum atomic E-state index is -0.188. The third-order valence-electron chi connectivity index (χ3n) is 3.38. The van der Waals surface area contributed by atoms with Gasteiger partial charge in [-0.05, 0) is 65.9 Å². The number of hydrogen-bond donors (Lipinski definition) is 1. The molecule has 1 unspecified atom stereocenters. The van der Waals surface area contributed by atoms with Crippen LogP contribution < -0.4 is 5.32 Å². The molecule has 98 valence electrons. The predicted octanol–water partition coefficient (Wildman–Crippen LogP) is 4.74. The fourth-order valence-corrected chi connectivity index (χ4v) is 2.73. The summed E-state index contributed by atoms with van der Waals surface area (Å²) >= 11 is 3.20. The standard InChI is InChI=1S/C15H19BrFN/c1-2-18-15(11-6-4-3-5-7-11)12-8-9-13(16)14(17)10-12/h6,8-10,15,18H,2-5,7H2,1H3. The van der Waals surface area contributed by atoms with Crippen LogP contribution in [0, 0.1) is 5.82 Å². The molecule has 0 radical (unpaired) electrons. The monoisotopic (exact) mass is 311 g/mol. The Morgan fingerprint density at radius 1 is 1.39 bits per heavy atom. The molecule has 0 aromatic heterocycles. The first-order valence-corrected chi connectivity index (χ1v) is 7.39. The zero-order valence-corrected chi connectivity index (χ0v) is 12.3. The highest BCUT2D eigenvalue weighted by Gasteiger charge is 2.18. The summed E-state index contributed by atoms with van der Waals surface area (Å²) in [6, 6.07) is 5.58. The van der Waals surface area contributed by atoms with Crippen molar-refractivity contribution in [2.45, 2.75) is 38.6 Å². The molecule has 0 fully saturated rings. The molecular weight excluding hydrogens is 293 g/mol. The Hall–Kier alpha value is -0.670. The molecule has 0 heterocycles. The summed E-state index contributed by atoms with van der Waals surface area (Å²) in [4.78, 5) is 0. The normalized spacial score (nSPS) is 17.4. The second kappa shape index (κ2) is 6.48. The molecule has 1 aromatic rings.